The molecule has 0 atom stereocenters. The first-order chi connectivity index (χ1) is 9.06. The molecule has 0 aliphatic heterocycles. The van der Waals surface area contributed by atoms with E-state index >= 15 is 0 Å². The Morgan fingerprint density at radius 1 is 1.16 bits per heavy atom. The minimum Gasteiger partial charge on any atom is -0.484 e. The smallest absolute Gasteiger partial charge is 0.321 e. The van der Waals surface area contributed by atoms with Gasteiger partial charge in [-0.25, -0.2) is 4.79 Å². The molecule has 0 radical (unpaired) electrons. The Labute approximate surface area is 111 Å². The van der Waals surface area contributed by atoms with Crippen molar-refractivity contribution < 1.29 is 19.1 Å². The second-order valence-electron chi connectivity index (χ2n) is 3.72. The molecule has 6 heteroatoms. The summed E-state index contributed by atoms with van der Waals surface area (Å²) in [5.74, 6) is -0.0447. The number of nitrogens with one attached hydrogen (secondary N) is 2. The van der Waals surface area contributed by atoms with E-state index in [-0.39, 0.29) is 12.4 Å². The van der Waals surface area contributed by atoms with Crippen LogP contribution in [0.5, 0.6) is 5.75 Å². The number of urea groups is 1. The zero-order valence-corrected chi connectivity index (χ0v) is 10.9. The maximum Gasteiger partial charge on any atom is 0.321 e. The number of hydrogen-bond donors (Lipinski definition) is 2. The van der Waals surface area contributed by atoms with Crippen LogP contribution >= 0.6 is 0 Å². The van der Waals surface area contributed by atoms with E-state index in [1.807, 2.05) is 0 Å². The summed E-state index contributed by atoms with van der Waals surface area (Å²) in [4.78, 5) is 33.5. The van der Waals surface area contributed by atoms with Gasteiger partial charge in [-0.15, -0.1) is 0 Å². The number of imide groups is 1. The van der Waals surface area contributed by atoms with Crippen LogP contribution in [0.2, 0.25) is 0 Å². The molecule has 1 rings (SSSR count). The molecule has 0 saturated carbocycles. The average Bonchev–Trinajstić information content (AvgIpc) is 2.44. The Morgan fingerprint density at radius 2 is 1.79 bits per heavy atom. The fourth-order valence-corrected chi connectivity index (χ4v) is 1.32. The first-order valence-corrected chi connectivity index (χ1v) is 5.84. The van der Waals surface area contributed by atoms with E-state index in [4.69, 9.17) is 4.74 Å². The van der Waals surface area contributed by atoms with Crippen molar-refractivity contribution in [3.63, 3.8) is 0 Å². The molecule has 0 fully saturated rings. The van der Waals surface area contributed by atoms with Crippen LogP contribution in [-0.4, -0.2) is 31.4 Å². The van der Waals surface area contributed by atoms with Gasteiger partial charge in [0.25, 0.3) is 5.91 Å². The molecule has 0 saturated heterocycles. The quantitative estimate of drug-likeness (QED) is 0.780. The number of hydrogen-bond acceptors (Lipinski definition) is 4. The molecular formula is C13H16N2O4. The predicted octanol–water partition coefficient (Wildman–Crippen LogP) is 1.11. The summed E-state index contributed by atoms with van der Waals surface area (Å²) in [5, 5.41) is 4.33. The van der Waals surface area contributed by atoms with Crippen molar-refractivity contribution in [2.75, 3.05) is 13.7 Å². The summed E-state index contributed by atoms with van der Waals surface area (Å²) in [5.41, 5.74) is 0.602. The average molecular weight is 264 g/mol. The van der Waals surface area contributed by atoms with E-state index in [9.17, 15) is 14.4 Å². The Hall–Kier alpha value is -2.37. The van der Waals surface area contributed by atoms with Crippen LogP contribution < -0.4 is 15.4 Å². The van der Waals surface area contributed by atoms with Crippen LogP contribution in [0.4, 0.5) is 4.79 Å². The van der Waals surface area contributed by atoms with Crippen LogP contribution in [0.1, 0.15) is 23.7 Å². The lowest BCUT2D eigenvalue weighted by Crippen LogP contribution is -2.39. The Bertz CT molecular complexity index is 468. The minimum absolute atomic E-state index is 0.0453. The van der Waals surface area contributed by atoms with Crippen molar-refractivity contribution in [1.29, 1.82) is 0 Å². The van der Waals surface area contributed by atoms with Gasteiger partial charge in [-0.1, -0.05) is 6.92 Å². The highest BCUT2D eigenvalue weighted by atomic mass is 16.5. The van der Waals surface area contributed by atoms with Crippen LogP contribution in [0, 0.1) is 0 Å². The predicted molar refractivity (Wildman–Crippen MR) is 69.2 cm³/mol. The van der Waals surface area contributed by atoms with Gasteiger partial charge < -0.3 is 10.1 Å². The number of ether oxygens (including phenoxy) is 1. The van der Waals surface area contributed by atoms with Gasteiger partial charge >= 0.3 is 6.03 Å². The van der Waals surface area contributed by atoms with E-state index in [1.165, 1.54) is 7.05 Å². The summed E-state index contributed by atoms with van der Waals surface area (Å²) in [6.07, 6.45) is 0.439. The number of Topliss-reactive ketones (excluding diaryl/α,β-unsaturated/α-hetero) is 1. The summed E-state index contributed by atoms with van der Waals surface area (Å²) >= 11 is 0. The van der Waals surface area contributed by atoms with Crippen molar-refractivity contribution >= 4 is 17.7 Å². The van der Waals surface area contributed by atoms with Crippen LogP contribution in [0.25, 0.3) is 0 Å². The highest BCUT2D eigenvalue weighted by molar-refractivity contribution is 5.96. The molecule has 0 aliphatic carbocycles. The van der Waals surface area contributed by atoms with Gasteiger partial charge in [-0.05, 0) is 24.3 Å². The van der Waals surface area contributed by atoms with E-state index in [0.29, 0.717) is 17.7 Å². The molecule has 1 aromatic carbocycles. The molecule has 102 valence electrons. The number of rotatable bonds is 5. The van der Waals surface area contributed by atoms with E-state index < -0.39 is 11.9 Å². The second-order valence-corrected chi connectivity index (χ2v) is 3.72. The SMILES string of the molecule is CCC(=O)c1ccc(OCC(=O)NC(=O)NC)cc1. The number of carbonyl (C=O) groups is 3. The lowest BCUT2D eigenvalue weighted by atomic mass is 10.1. The van der Waals surface area contributed by atoms with Crippen molar-refractivity contribution in [2.45, 2.75) is 13.3 Å². The first kappa shape index (κ1) is 14.7. The molecule has 0 heterocycles. The summed E-state index contributed by atoms with van der Waals surface area (Å²) in [6, 6.07) is 5.90. The number of carbonyl (C=O) groups excluding carboxylic acids is 3. The molecule has 19 heavy (non-hydrogen) atoms. The summed E-state index contributed by atoms with van der Waals surface area (Å²) in [7, 11) is 1.41. The van der Waals surface area contributed by atoms with Gasteiger partial charge in [0.05, 0.1) is 0 Å². The molecular weight excluding hydrogens is 248 g/mol. The molecule has 2 N–H and O–H groups in total. The van der Waals surface area contributed by atoms with Crippen LogP contribution in [-0.2, 0) is 4.79 Å². The van der Waals surface area contributed by atoms with E-state index in [1.54, 1.807) is 31.2 Å². The van der Waals surface area contributed by atoms with Crippen molar-refractivity contribution in [3.8, 4) is 5.75 Å². The lowest BCUT2D eigenvalue weighted by molar-refractivity contribution is -0.122. The topological polar surface area (TPSA) is 84.5 Å². The molecule has 0 spiro atoms. The van der Waals surface area contributed by atoms with Gasteiger partial charge in [-0.2, -0.15) is 0 Å². The fraction of sp³-hybridized carbons (Fsp3) is 0.308. The highest BCUT2D eigenvalue weighted by Gasteiger charge is 2.07. The standard InChI is InChI=1S/C13H16N2O4/c1-3-11(16)9-4-6-10(7-5-9)19-8-12(17)15-13(18)14-2/h4-7H,3,8H2,1-2H3,(H2,14,15,17,18). The molecule has 0 aliphatic rings. The molecule has 0 aromatic heterocycles. The van der Waals surface area contributed by atoms with Crippen LogP contribution in [0.15, 0.2) is 24.3 Å². The maximum atomic E-state index is 11.4. The monoisotopic (exact) mass is 264 g/mol. The lowest BCUT2D eigenvalue weighted by Gasteiger charge is -2.07. The molecule has 0 unspecified atom stereocenters. The largest absolute Gasteiger partial charge is 0.484 e. The molecule has 3 amide bonds. The first-order valence-electron chi connectivity index (χ1n) is 5.84. The summed E-state index contributed by atoms with van der Waals surface area (Å²) < 4.78 is 5.18. The zero-order valence-electron chi connectivity index (χ0n) is 10.9. The summed E-state index contributed by atoms with van der Waals surface area (Å²) in [6.45, 7) is 1.52. The van der Waals surface area contributed by atoms with E-state index in [2.05, 4.69) is 10.6 Å². The Morgan fingerprint density at radius 3 is 2.32 bits per heavy atom. The third kappa shape index (κ3) is 4.79. The Kier molecular flexibility index (Phi) is 5.53. The van der Waals surface area contributed by atoms with Crippen LogP contribution in [0.3, 0.4) is 0 Å². The van der Waals surface area contributed by atoms with Gasteiger partial charge in [0.2, 0.25) is 0 Å². The van der Waals surface area contributed by atoms with Gasteiger partial charge in [0.1, 0.15) is 5.75 Å². The van der Waals surface area contributed by atoms with Crippen molar-refractivity contribution in [3.05, 3.63) is 29.8 Å². The highest BCUT2D eigenvalue weighted by Crippen LogP contribution is 2.13. The minimum atomic E-state index is -0.586. The zero-order chi connectivity index (χ0) is 14.3. The van der Waals surface area contributed by atoms with Crippen molar-refractivity contribution in [1.82, 2.24) is 10.6 Å². The fourth-order valence-electron chi connectivity index (χ4n) is 1.32. The molecule has 0 bridgehead atoms. The second kappa shape index (κ2) is 7.15. The van der Waals surface area contributed by atoms with E-state index in [0.717, 1.165) is 0 Å². The number of amides is 3. The van der Waals surface area contributed by atoms with Crippen molar-refractivity contribution in [2.24, 2.45) is 0 Å². The number of benzene rings is 1. The van der Waals surface area contributed by atoms with Gasteiger partial charge in [0.15, 0.2) is 12.4 Å². The molecule has 6 nitrogen and oxygen atoms in total. The normalized spacial score (nSPS) is 9.58. The van der Waals surface area contributed by atoms with Gasteiger partial charge in [-0.3, -0.25) is 14.9 Å². The Balaban J connectivity index is 2.48. The third-order valence-electron chi connectivity index (χ3n) is 2.35. The molecule has 1 aromatic rings. The number of ketones is 1. The van der Waals surface area contributed by atoms with Gasteiger partial charge in [0, 0.05) is 19.0 Å². The third-order valence-corrected chi connectivity index (χ3v) is 2.35. The maximum absolute atomic E-state index is 11.4.